The van der Waals surface area contributed by atoms with Crippen LogP contribution in [0.3, 0.4) is 0 Å². The van der Waals surface area contributed by atoms with Gasteiger partial charge in [0.1, 0.15) is 45.4 Å². The summed E-state index contributed by atoms with van der Waals surface area (Å²) >= 11 is 1.45. The van der Waals surface area contributed by atoms with Crippen LogP contribution in [0.25, 0.3) is 22.3 Å². The van der Waals surface area contributed by atoms with Gasteiger partial charge in [0.05, 0.1) is 30.6 Å². The maximum absolute atomic E-state index is 14.9. The molecule has 2 aromatic carbocycles. The van der Waals surface area contributed by atoms with Crippen molar-refractivity contribution in [1.82, 2.24) is 30.2 Å². The highest BCUT2D eigenvalue weighted by Crippen LogP contribution is 2.46. The predicted molar refractivity (Wildman–Crippen MR) is 262 cm³/mol. The molecule has 2 aromatic heterocycles. The van der Waals surface area contributed by atoms with Gasteiger partial charge in [0.15, 0.2) is 5.13 Å². The average molecular weight is 973 g/mol. The average Bonchev–Trinajstić information content (AvgIpc) is 3.52. The minimum absolute atomic E-state index is 0.0213. The largest absolute Gasteiger partial charge is 0.497 e. The van der Waals surface area contributed by atoms with Gasteiger partial charge in [-0.2, -0.15) is 0 Å². The number of likely N-dealkylation sites (tertiary alicyclic amines) is 1. The third-order valence-corrected chi connectivity index (χ3v) is 14.3. The molecule has 17 nitrogen and oxygen atoms in total. The topological polar surface area (TPSA) is 219 Å². The zero-order valence-electron chi connectivity index (χ0n) is 40.0. The number of pyridine rings is 1. The van der Waals surface area contributed by atoms with Crippen molar-refractivity contribution in [3.05, 3.63) is 66.1 Å². The maximum Gasteiger partial charge on any atom is 0.407 e. The summed E-state index contributed by atoms with van der Waals surface area (Å²) in [5, 5.41) is 15.6. The molecule has 3 aliphatic rings. The van der Waals surface area contributed by atoms with E-state index >= 15 is 0 Å². The highest BCUT2D eigenvalue weighted by atomic mass is 32.2. The maximum atomic E-state index is 14.9. The lowest BCUT2D eigenvalue weighted by molar-refractivity contribution is -0.140. The Kier molecular flexibility index (Phi) is 15.2. The predicted octanol–water partition coefficient (Wildman–Crippen LogP) is 7.40. The van der Waals surface area contributed by atoms with Crippen LogP contribution in [0.1, 0.15) is 93.4 Å². The first-order chi connectivity index (χ1) is 32.2. The van der Waals surface area contributed by atoms with Crippen LogP contribution in [0, 0.1) is 11.8 Å². The third kappa shape index (κ3) is 12.0. The Labute approximate surface area is 402 Å². The molecule has 19 heteroatoms. The number of nitrogens with zero attached hydrogens (tertiary/aromatic N) is 3. The number of benzene rings is 2. The molecule has 0 bridgehead atoms. The van der Waals surface area contributed by atoms with Gasteiger partial charge in [0, 0.05) is 60.3 Å². The number of sulfonamides is 1. The van der Waals surface area contributed by atoms with Crippen molar-refractivity contribution in [2.45, 2.75) is 134 Å². The molecule has 1 saturated heterocycles. The van der Waals surface area contributed by atoms with Crippen molar-refractivity contribution in [3.63, 3.8) is 0 Å². The zero-order valence-corrected chi connectivity index (χ0v) is 41.6. The van der Waals surface area contributed by atoms with E-state index in [1.54, 1.807) is 64.3 Å². The van der Waals surface area contributed by atoms with Crippen LogP contribution in [0.5, 0.6) is 11.5 Å². The van der Waals surface area contributed by atoms with E-state index in [1.165, 1.54) is 22.3 Å². The highest BCUT2D eigenvalue weighted by Gasteiger charge is 2.61. The summed E-state index contributed by atoms with van der Waals surface area (Å²) in [7, 11) is -2.83. The lowest BCUT2D eigenvalue weighted by Gasteiger charge is -2.29. The molecule has 1 saturated carbocycles. The van der Waals surface area contributed by atoms with Crippen molar-refractivity contribution < 1.29 is 41.8 Å². The number of fused-ring (bicyclic) bond motifs is 3. The van der Waals surface area contributed by atoms with Crippen molar-refractivity contribution >= 4 is 66.9 Å². The Balaban J connectivity index is 1.21. The van der Waals surface area contributed by atoms with Gasteiger partial charge in [0.2, 0.25) is 11.8 Å². The number of allylic oxidation sites excluding steroid dienone is 1. The van der Waals surface area contributed by atoms with Crippen molar-refractivity contribution in [2.75, 3.05) is 30.8 Å². The van der Waals surface area contributed by atoms with Crippen LogP contribution >= 0.6 is 11.3 Å². The van der Waals surface area contributed by atoms with E-state index < -0.39 is 69.1 Å². The van der Waals surface area contributed by atoms with Crippen LogP contribution in [-0.4, -0.2) is 103 Å². The van der Waals surface area contributed by atoms with Gasteiger partial charge < -0.3 is 40.4 Å². The highest BCUT2D eigenvalue weighted by molar-refractivity contribution is 7.90. The first kappa shape index (κ1) is 49.9. The van der Waals surface area contributed by atoms with E-state index in [1.807, 2.05) is 51.3 Å². The number of amides is 4. The van der Waals surface area contributed by atoms with Crippen LogP contribution < -0.4 is 35.5 Å². The number of anilines is 2. The van der Waals surface area contributed by atoms with E-state index in [4.69, 9.17) is 24.2 Å². The number of alkyl carbamates (subject to hydrolysis) is 1. The molecule has 4 aromatic rings. The van der Waals surface area contributed by atoms with E-state index in [0.717, 1.165) is 30.8 Å². The minimum atomic E-state index is -4.40. The number of hydrogen-bond acceptors (Lipinski definition) is 14. The lowest BCUT2D eigenvalue weighted by Crippen LogP contribution is -2.56. The van der Waals surface area contributed by atoms with E-state index in [9.17, 15) is 27.6 Å². The summed E-state index contributed by atoms with van der Waals surface area (Å²) in [5.74, 6) is -1.65. The van der Waals surface area contributed by atoms with E-state index in [-0.39, 0.29) is 42.7 Å². The summed E-state index contributed by atoms with van der Waals surface area (Å²) < 4.78 is 48.0. The van der Waals surface area contributed by atoms with Crippen LogP contribution in [0.15, 0.2) is 71.0 Å². The zero-order chi connectivity index (χ0) is 49.0. The second-order valence-corrected chi connectivity index (χ2v) is 21.9. The molecule has 2 fully saturated rings. The molecule has 5 N–H and O–H groups in total. The van der Waals surface area contributed by atoms with E-state index in [0.29, 0.717) is 46.0 Å². The first-order valence-electron chi connectivity index (χ1n) is 23.3. The lowest BCUT2D eigenvalue weighted by atomic mass is 10.00. The van der Waals surface area contributed by atoms with Crippen LogP contribution in [0.4, 0.5) is 15.6 Å². The second-order valence-electron chi connectivity index (χ2n) is 19.4. The van der Waals surface area contributed by atoms with Crippen LogP contribution in [-0.2, 0) is 29.1 Å². The molecule has 5 atom stereocenters. The summed E-state index contributed by atoms with van der Waals surface area (Å²) in [6.07, 6.45) is 5.77. The Bertz CT molecular complexity index is 2650. The molecule has 4 heterocycles. The number of carbonyl (C=O) groups excluding carboxylic acids is 4. The Morgan fingerprint density at radius 2 is 1.79 bits per heavy atom. The quantitative estimate of drug-likeness (QED) is 0.0876. The minimum Gasteiger partial charge on any atom is -0.497 e. The summed E-state index contributed by atoms with van der Waals surface area (Å²) in [6.45, 7) is 13.6. The normalized spacial score (nSPS) is 22.1. The fourth-order valence-electron chi connectivity index (χ4n) is 8.49. The van der Waals surface area contributed by atoms with E-state index in [2.05, 4.69) is 26.0 Å². The summed E-state index contributed by atoms with van der Waals surface area (Å²) in [5.41, 5.74) is -0.297. The van der Waals surface area contributed by atoms with Gasteiger partial charge in [-0.25, -0.2) is 27.9 Å². The van der Waals surface area contributed by atoms with Crippen LogP contribution in [0.2, 0.25) is 0 Å². The molecule has 0 radical (unpaired) electrons. The smallest absolute Gasteiger partial charge is 0.407 e. The number of ether oxygens (including phenoxy) is 3. The standard InChI is InChI=1S/C49H64N8O9S2/c1-29(2)36(54-47(61)66-48(5,6)7)25-43(58)57-27-33(65-41-24-38(39-28-67-46(53-39)51-30(3)4)52-37-22-32(64-8)19-20-34(37)41)23-40(57)44(59)55-49-26-31(49)16-12-10-9-11-15-21-50-35-17-13-14-18-42(35)68(62,63)56-45(49)60/h12-14,16-20,22,24,28-31,33,36,40,50H,9-11,15,21,23,25-27H2,1-8H3,(H,51,53)(H,54,61)(H,55,59)(H,56,60)/t31-,33-,36-,40+,49-/m1/s1. The Hall–Kier alpha value is -5.95. The first-order valence-corrected chi connectivity index (χ1v) is 25.7. The fraction of sp³-hybridized carbons (Fsp3) is 0.510. The molecule has 0 unspecified atom stereocenters. The monoisotopic (exact) mass is 972 g/mol. The number of thiazole rings is 1. The number of carbonyl (C=O) groups is 4. The van der Waals surface area contributed by atoms with Gasteiger partial charge >= 0.3 is 6.09 Å². The van der Waals surface area contributed by atoms with Gasteiger partial charge in [-0.1, -0.05) is 44.6 Å². The molecular formula is C49H64N8O9S2. The van der Waals surface area contributed by atoms with Gasteiger partial charge in [-0.3, -0.25) is 14.4 Å². The molecule has 1 aliphatic carbocycles. The van der Waals surface area contributed by atoms with Crippen molar-refractivity contribution in [2.24, 2.45) is 11.8 Å². The molecular weight excluding hydrogens is 909 g/mol. The molecule has 7 rings (SSSR count). The molecule has 2 aliphatic heterocycles. The van der Waals surface area contributed by atoms with Crippen molar-refractivity contribution in [3.8, 4) is 22.9 Å². The molecule has 68 heavy (non-hydrogen) atoms. The second kappa shape index (κ2) is 20.7. The van der Waals surface area contributed by atoms with Gasteiger partial charge in [0.25, 0.3) is 15.9 Å². The van der Waals surface area contributed by atoms with Gasteiger partial charge in [-0.05, 0) is 90.5 Å². The number of nitrogens with one attached hydrogen (secondary N) is 5. The SMILES string of the molecule is COc1ccc2c(O[C@@H]3C[C@@H](C(=O)N[C@]45C[C@H]4C=CCCCCCNc4ccccc4S(=O)(=O)NC5=O)N(C(=O)C[C@@H](NC(=O)OC(C)(C)C)C(C)C)C3)cc(-c3csc(NC(C)C)n3)nc2c1. The third-order valence-electron chi connectivity index (χ3n) is 12.1. The number of methoxy groups -OCH3 is 1. The molecule has 4 amide bonds. The Morgan fingerprint density at radius 1 is 1.01 bits per heavy atom. The number of rotatable bonds is 12. The molecule has 0 spiro atoms. The summed E-state index contributed by atoms with van der Waals surface area (Å²) in [4.78, 5) is 67.9. The number of hydrogen-bond donors (Lipinski definition) is 5. The number of aromatic nitrogens is 2. The number of para-hydroxylation sites is 1. The van der Waals surface area contributed by atoms with Gasteiger partial charge in [-0.15, -0.1) is 11.3 Å². The molecule has 366 valence electrons. The van der Waals surface area contributed by atoms with Crippen molar-refractivity contribution in [1.29, 1.82) is 0 Å². The summed E-state index contributed by atoms with van der Waals surface area (Å²) in [6, 6.07) is 12.0. The Morgan fingerprint density at radius 3 is 2.53 bits per heavy atom. The fourth-order valence-corrected chi connectivity index (χ4v) is 10.6.